The van der Waals surface area contributed by atoms with Crippen molar-refractivity contribution in [2.45, 2.75) is 19.2 Å². The topological polar surface area (TPSA) is 46.4 Å². The number of aromatic nitrogens is 2. The Balaban J connectivity index is 2.21. The number of imidazole rings is 1. The van der Waals surface area contributed by atoms with Gasteiger partial charge in [-0.05, 0) is 43.7 Å². The number of rotatable bonds is 3. The maximum absolute atomic E-state index is 12.1. The molecule has 1 aromatic carbocycles. The molecule has 0 unspecified atom stereocenters. The molecule has 0 radical (unpaired) electrons. The van der Waals surface area contributed by atoms with E-state index < -0.39 is 5.38 Å². The molecule has 0 saturated heterocycles. The summed E-state index contributed by atoms with van der Waals surface area (Å²) in [4.78, 5) is 16.7. The summed E-state index contributed by atoms with van der Waals surface area (Å²) >= 11 is 12.0. The van der Waals surface area contributed by atoms with Gasteiger partial charge in [0.1, 0.15) is 22.5 Å². The monoisotopic (exact) mass is 347 g/mol. The lowest BCUT2D eigenvalue weighted by Gasteiger charge is -2.09. The maximum atomic E-state index is 12.1. The van der Waals surface area contributed by atoms with Crippen LogP contribution in [0.15, 0.2) is 42.6 Å². The lowest BCUT2D eigenvalue weighted by atomic mass is 10.1. The van der Waals surface area contributed by atoms with E-state index in [0.717, 1.165) is 16.8 Å². The molecule has 4 nitrogen and oxygen atoms in total. The Morgan fingerprint density at radius 1 is 1.30 bits per heavy atom. The fraction of sp³-hybridized carbons (Fsp3) is 0.176. The van der Waals surface area contributed by atoms with Crippen LogP contribution in [0.1, 0.15) is 12.5 Å². The van der Waals surface area contributed by atoms with Gasteiger partial charge in [-0.25, -0.2) is 4.98 Å². The van der Waals surface area contributed by atoms with Crippen LogP contribution in [-0.4, -0.2) is 20.7 Å². The minimum absolute atomic E-state index is 0.280. The molecule has 1 amide bonds. The molecule has 0 spiro atoms. The SMILES string of the molecule is Cc1ccn2c(NC(=O)[C@@H](C)Cl)c(-c3cccc(Cl)c3)nc2c1. The van der Waals surface area contributed by atoms with Crippen molar-refractivity contribution in [2.75, 3.05) is 5.32 Å². The van der Waals surface area contributed by atoms with Crippen LogP contribution in [0.3, 0.4) is 0 Å². The Bertz CT molecular complexity index is 887. The Hall–Kier alpha value is -2.04. The van der Waals surface area contributed by atoms with E-state index in [1.807, 2.05) is 47.9 Å². The van der Waals surface area contributed by atoms with Gasteiger partial charge in [0.05, 0.1) is 0 Å². The zero-order valence-electron chi connectivity index (χ0n) is 12.7. The van der Waals surface area contributed by atoms with E-state index in [0.29, 0.717) is 16.5 Å². The number of carbonyl (C=O) groups excluding carboxylic acids is 1. The van der Waals surface area contributed by atoms with Gasteiger partial charge in [-0.3, -0.25) is 9.20 Å². The fourth-order valence-corrected chi connectivity index (χ4v) is 2.56. The van der Waals surface area contributed by atoms with Crippen molar-refractivity contribution < 1.29 is 4.79 Å². The first kappa shape index (κ1) is 15.8. The highest BCUT2D eigenvalue weighted by atomic mass is 35.5. The first-order valence-corrected chi connectivity index (χ1v) is 7.97. The predicted molar refractivity (Wildman–Crippen MR) is 94.3 cm³/mol. The van der Waals surface area contributed by atoms with Gasteiger partial charge in [0.25, 0.3) is 0 Å². The molecule has 0 aliphatic heterocycles. The number of nitrogens with zero attached hydrogens (tertiary/aromatic N) is 2. The molecule has 1 N–H and O–H groups in total. The smallest absolute Gasteiger partial charge is 0.243 e. The van der Waals surface area contributed by atoms with Gasteiger partial charge in [-0.15, -0.1) is 11.6 Å². The van der Waals surface area contributed by atoms with Crippen molar-refractivity contribution in [3.8, 4) is 11.3 Å². The quantitative estimate of drug-likeness (QED) is 0.707. The summed E-state index contributed by atoms with van der Waals surface area (Å²) in [5.74, 6) is 0.303. The number of hydrogen-bond acceptors (Lipinski definition) is 2. The molecule has 0 fully saturated rings. The van der Waals surface area contributed by atoms with Gasteiger partial charge in [0.2, 0.25) is 5.91 Å². The molecule has 23 heavy (non-hydrogen) atoms. The van der Waals surface area contributed by atoms with Crippen LogP contribution < -0.4 is 5.32 Å². The number of benzene rings is 1. The molecule has 0 saturated carbocycles. The van der Waals surface area contributed by atoms with Gasteiger partial charge >= 0.3 is 0 Å². The molecular weight excluding hydrogens is 333 g/mol. The highest BCUT2D eigenvalue weighted by molar-refractivity contribution is 6.32. The second-order valence-corrected chi connectivity index (χ2v) is 6.45. The molecule has 2 aromatic heterocycles. The second-order valence-electron chi connectivity index (χ2n) is 5.36. The van der Waals surface area contributed by atoms with Gasteiger partial charge in [-0.1, -0.05) is 23.7 Å². The zero-order valence-corrected chi connectivity index (χ0v) is 14.2. The Morgan fingerprint density at radius 3 is 2.78 bits per heavy atom. The number of amides is 1. The molecule has 6 heteroatoms. The number of carbonyl (C=O) groups is 1. The van der Waals surface area contributed by atoms with Crippen molar-refractivity contribution in [3.63, 3.8) is 0 Å². The first-order chi connectivity index (χ1) is 11.0. The molecule has 0 aliphatic rings. The van der Waals surface area contributed by atoms with Gasteiger partial charge in [0.15, 0.2) is 0 Å². The van der Waals surface area contributed by atoms with E-state index >= 15 is 0 Å². The lowest BCUT2D eigenvalue weighted by Crippen LogP contribution is -2.21. The number of fused-ring (bicyclic) bond motifs is 1. The van der Waals surface area contributed by atoms with E-state index in [1.54, 1.807) is 13.0 Å². The maximum Gasteiger partial charge on any atom is 0.243 e. The number of aryl methyl sites for hydroxylation is 1. The summed E-state index contributed by atoms with van der Waals surface area (Å²) < 4.78 is 1.83. The van der Waals surface area contributed by atoms with Crippen molar-refractivity contribution in [2.24, 2.45) is 0 Å². The lowest BCUT2D eigenvalue weighted by molar-refractivity contribution is -0.115. The van der Waals surface area contributed by atoms with Crippen molar-refractivity contribution >= 4 is 40.6 Å². The average Bonchev–Trinajstić information content (AvgIpc) is 2.85. The summed E-state index contributed by atoms with van der Waals surface area (Å²) in [6.07, 6.45) is 1.88. The highest BCUT2D eigenvalue weighted by Gasteiger charge is 2.18. The molecule has 118 valence electrons. The highest BCUT2D eigenvalue weighted by Crippen LogP contribution is 2.30. The van der Waals surface area contributed by atoms with Gasteiger partial charge in [0, 0.05) is 16.8 Å². The zero-order chi connectivity index (χ0) is 16.6. The number of alkyl halides is 1. The molecular formula is C17H15Cl2N3O. The summed E-state index contributed by atoms with van der Waals surface area (Å²) in [6.45, 7) is 3.62. The average molecular weight is 348 g/mol. The first-order valence-electron chi connectivity index (χ1n) is 7.15. The predicted octanol–water partition coefficient (Wildman–Crippen LogP) is 4.53. The van der Waals surface area contributed by atoms with E-state index in [1.165, 1.54) is 0 Å². The molecule has 3 rings (SSSR count). The van der Waals surface area contributed by atoms with Crippen LogP contribution >= 0.6 is 23.2 Å². The van der Waals surface area contributed by atoms with Crippen molar-refractivity contribution in [1.29, 1.82) is 0 Å². The van der Waals surface area contributed by atoms with Crippen LogP contribution in [0.25, 0.3) is 16.9 Å². The summed E-state index contributed by atoms with van der Waals surface area (Å²) in [6, 6.07) is 11.3. The van der Waals surface area contributed by atoms with E-state index in [-0.39, 0.29) is 5.91 Å². The summed E-state index contributed by atoms with van der Waals surface area (Å²) in [5.41, 5.74) is 3.32. The normalized spacial score (nSPS) is 12.3. The molecule has 1 atom stereocenters. The standard InChI is InChI=1S/C17H15Cl2N3O/c1-10-6-7-22-14(8-10)20-15(12-4-3-5-13(19)9-12)16(22)21-17(23)11(2)18/h3-9,11H,1-2H3,(H,21,23)/t11-/m1/s1. The molecule has 0 bridgehead atoms. The summed E-state index contributed by atoms with van der Waals surface area (Å²) in [5, 5.41) is 2.83. The Morgan fingerprint density at radius 2 is 2.09 bits per heavy atom. The van der Waals surface area contributed by atoms with Crippen molar-refractivity contribution in [3.05, 3.63) is 53.2 Å². The number of nitrogens with one attached hydrogen (secondary N) is 1. The van der Waals surface area contributed by atoms with E-state index in [2.05, 4.69) is 10.3 Å². The van der Waals surface area contributed by atoms with Crippen LogP contribution in [0.5, 0.6) is 0 Å². The minimum Gasteiger partial charge on any atom is -0.309 e. The molecule has 2 heterocycles. The molecule has 0 aliphatic carbocycles. The third-order valence-corrected chi connectivity index (χ3v) is 3.92. The third-order valence-electron chi connectivity index (χ3n) is 3.48. The Labute approximate surface area is 144 Å². The minimum atomic E-state index is -0.641. The van der Waals surface area contributed by atoms with Crippen LogP contribution in [0.2, 0.25) is 5.02 Å². The van der Waals surface area contributed by atoms with Gasteiger partial charge < -0.3 is 5.32 Å². The van der Waals surface area contributed by atoms with Crippen LogP contribution in [0.4, 0.5) is 5.82 Å². The third kappa shape index (κ3) is 3.19. The fourth-order valence-electron chi connectivity index (χ4n) is 2.32. The number of hydrogen-bond donors (Lipinski definition) is 1. The van der Waals surface area contributed by atoms with E-state index in [9.17, 15) is 4.79 Å². The number of halogens is 2. The number of anilines is 1. The Kier molecular flexibility index (Phi) is 4.28. The van der Waals surface area contributed by atoms with Gasteiger partial charge in [-0.2, -0.15) is 0 Å². The van der Waals surface area contributed by atoms with Crippen molar-refractivity contribution in [1.82, 2.24) is 9.38 Å². The van der Waals surface area contributed by atoms with Crippen LogP contribution in [0, 0.1) is 6.92 Å². The summed E-state index contributed by atoms with van der Waals surface area (Å²) in [7, 11) is 0. The largest absolute Gasteiger partial charge is 0.309 e. The van der Waals surface area contributed by atoms with E-state index in [4.69, 9.17) is 23.2 Å². The number of pyridine rings is 1. The van der Waals surface area contributed by atoms with Crippen LogP contribution in [-0.2, 0) is 4.79 Å². The second kappa shape index (κ2) is 6.22. The molecule has 3 aromatic rings.